The zero-order valence-electron chi connectivity index (χ0n) is 2.50. The molecule has 0 aliphatic carbocycles. The number of hydrogen-bond acceptors (Lipinski definition) is 0. The third-order valence-electron chi connectivity index (χ3n) is 0. The van der Waals surface area contributed by atoms with Gasteiger partial charge in [0.2, 0.25) is 0 Å². The van der Waals surface area contributed by atoms with Crippen molar-refractivity contribution < 1.29 is 0 Å². The minimum absolute atomic E-state index is 0. The molecule has 48 valence electrons. The first-order valence-electron chi connectivity index (χ1n) is 0. The van der Waals surface area contributed by atoms with Gasteiger partial charge < -0.3 is 0 Å². The third-order valence-corrected chi connectivity index (χ3v) is 0. The van der Waals surface area contributed by atoms with E-state index in [0.29, 0.717) is 0 Å². The minimum atomic E-state index is 0. The zero-order valence-corrected chi connectivity index (χ0v) is 7.50. The van der Waals surface area contributed by atoms with E-state index in [1.807, 2.05) is 0 Å². The van der Waals surface area contributed by atoms with Crippen LogP contribution >= 0.6 is 67.5 Å². The van der Waals surface area contributed by atoms with Crippen molar-refractivity contribution in [2.45, 2.75) is 0 Å². The van der Waals surface area contributed by atoms with Crippen molar-refractivity contribution in [3.63, 3.8) is 0 Å². The van der Waals surface area contributed by atoms with Crippen LogP contribution in [-0.2, 0) is 0 Å². The van der Waals surface area contributed by atoms with Crippen LogP contribution in [0, 0.1) is 0 Å². The molecule has 0 bridgehead atoms. The Morgan fingerprint density at radius 1 is 0.333 bits per heavy atom. The Morgan fingerprint density at radius 2 is 0.333 bits per heavy atom. The summed E-state index contributed by atoms with van der Waals surface area (Å²) in [6.07, 6.45) is 0. The summed E-state index contributed by atoms with van der Waals surface area (Å²) in [5.41, 5.74) is 0. The van der Waals surface area contributed by atoms with Crippen LogP contribution in [0.1, 0.15) is 0 Å². The van der Waals surface area contributed by atoms with E-state index in [1.54, 1.807) is 0 Å². The highest BCUT2D eigenvalue weighted by molar-refractivity contribution is 7.60. The Bertz CT molecular complexity index is 3.90. The molecule has 0 heterocycles. The highest BCUT2D eigenvalue weighted by atomic mass is 32.1. The van der Waals surface area contributed by atoms with Gasteiger partial charge >= 0.3 is 0 Å². The van der Waals surface area contributed by atoms with E-state index in [9.17, 15) is 0 Å². The molecule has 0 saturated heterocycles. The summed E-state index contributed by atoms with van der Waals surface area (Å²) in [7, 11) is 0. The van der Waals surface area contributed by atoms with Crippen molar-refractivity contribution in [2.75, 3.05) is 0 Å². The molecular weight excluding hydrogens is 188 g/mol. The summed E-state index contributed by atoms with van der Waals surface area (Å²) in [6.45, 7) is 0. The molecule has 0 radical (unpaired) electrons. The smallest absolute Gasteiger partial charge is 0.0149 e. The minimum Gasteiger partial charge on any atom is -0.197 e. The molecule has 0 saturated carbocycles. The SMILES string of the molecule is S.S.S.S.S.[SiH4]. The van der Waals surface area contributed by atoms with Gasteiger partial charge in [0.1, 0.15) is 0 Å². The molecule has 0 spiro atoms. The van der Waals surface area contributed by atoms with E-state index in [-0.39, 0.29) is 78.4 Å². The van der Waals surface area contributed by atoms with E-state index in [1.165, 1.54) is 0 Å². The largest absolute Gasteiger partial charge is 0.197 e. The van der Waals surface area contributed by atoms with E-state index in [0.717, 1.165) is 0 Å². The fourth-order valence-electron chi connectivity index (χ4n) is 0. The Hall–Kier alpha value is 1.97. The van der Waals surface area contributed by atoms with Crippen LogP contribution < -0.4 is 0 Å². The summed E-state index contributed by atoms with van der Waals surface area (Å²) in [5, 5.41) is 0. The van der Waals surface area contributed by atoms with E-state index in [2.05, 4.69) is 0 Å². The van der Waals surface area contributed by atoms with Crippen LogP contribution in [0.4, 0.5) is 0 Å². The van der Waals surface area contributed by atoms with Crippen LogP contribution in [0.5, 0.6) is 0 Å². The lowest BCUT2D eigenvalue weighted by atomic mass is 28.1. The Labute approximate surface area is 78.1 Å². The average Bonchev–Trinajstić information content (AvgIpc) is 0. The van der Waals surface area contributed by atoms with Gasteiger partial charge in [0.05, 0.1) is 0 Å². The highest BCUT2D eigenvalue weighted by Gasteiger charge is -0.0148. The molecule has 0 atom stereocenters. The number of rotatable bonds is 0. The van der Waals surface area contributed by atoms with E-state index in [4.69, 9.17) is 0 Å². The molecule has 0 nitrogen and oxygen atoms in total. The van der Waals surface area contributed by atoms with Gasteiger partial charge in [0, 0.05) is 0 Å². The predicted molar refractivity (Wildman–Crippen MR) is 63.2 cm³/mol. The normalized spacial score (nSPS) is 0. The van der Waals surface area contributed by atoms with Crippen molar-refractivity contribution in [1.29, 1.82) is 0 Å². The Morgan fingerprint density at radius 3 is 0.333 bits per heavy atom. The summed E-state index contributed by atoms with van der Waals surface area (Å²) in [6, 6.07) is 0. The maximum absolute atomic E-state index is 0. The van der Waals surface area contributed by atoms with Crippen LogP contribution in [0.15, 0.2) is 0 Å². The van der Waals surface area contributed by atoms with Crippen LogP contribution in [-0.4, -0.2) is 11.0 Å². The maximum atomic E-state index is 0. The summed E-state index contributed by atoms with van der Waals surface area (Å²) < 4.78 is 0. The highest BCUT2D eigenvalue weighted by Crippen LogP contribution is 0.652. The maximum Gasteiger partial charge on any atom is -0.0149 e. The summed E-state index contributed by atoms with van der Waals surface area (Å²) in [5.74, 6) is 0. The van der Waals surface area contributed by atoms with E-state index < -0.39 is 0 Å². The molecule has 0 aromatic carbocycles. The predicted octanol–water partition coefficient (Wildman–Crippen LogP) is -0.888. The average molecular weight is 203 g/mol. The molecule has 0 aromatic rings. The monoisotopic (exact) mass is 202 g/mol. The lowest BCUT2D eigenvalue weighted by molar-refractivity contribution is 5.75. The molecule has 0 fully saturated rings. The topological polar surface area (TPSA) is 0 Å². The molecular formula is H14S5Si. The van der Waals surface area contributed by atoms with Crippen molar-refractivity contribution >= 4 is 78.4 Å². The fraction of sp³-hybridized carbons (Fsp3) is 0. The van der Waals surface area contributed by atoms with Crippen molar-refractivity contribution in [3.05, 3.63) is 0 Å². The third kappa shape index (κ3) is 38.1. The molecule has 0 unspecified atom stereocenters. The molecule has 0 aliphatic heterocycles. The molecule has 6 heteroatoms. The van der Waals surface area contributed by atoms with Gasteiger partial charge in [-0.05, 0) is 11.0 Å². The fourth-order valence-corrected chi connectivity index (χ4v) is 0. The number of hydrogen-bond donors (Lipinski definition) is 0. The molecule has 0 rings (SSSR count). The molecule has 0 amide bonds. The van der Waals surface area contributed by atoms with Gasteiger partial charge in [-0.25, -0.2) is 0 Å². The van der Waals surface area contributed by atoms with Gasteiger partial charge in [-0.1, -0.05) is 0 Å². The van der Waals surface area contributed by atoms with Crippen molar-refractivity contribution in [2.24, 2.45) is 0 Å². The zero-order chi connectivity index (χ0) is 0. The van der Waals surface area contributed by atoms with Gasteiger partial charge in [-0.15, -0.1) is 0 Å². The molecule has 0 N–H and O–H groups in total. The van der Waals surface area contributed by atoms with Crippen LogP contribution in [0.2, 0.25) is 0 Å². The molecule has 6 heavy (non-hydrogen) atoms. The first-order chi connectivity index (χ1) is 0. The standard InChI is InChI=1S/5H2S.H4Si/h5*1H2;1H4. The van der Waals surface area contributed by atoms with Gasteiger partial charge in [0.25, 0.3) is 0 Å². The molecule has 0 aromatic heterocycles. The van der Waals surface area contributed by atoms with Crippen LogP contribution in [0.25, 0.3) is 0 Å². The second-order valence-electron chi connectivity index (χ2n) is 0. The second-order valence-corrected chi connectivity index (χ2v) is 0. The second kappa shape index (κ2) is 64.1. The van der Waals surface area contributed by atoms with Crippen molar-refractivity contribution in [1.82, 2.24) is 0 Å². The Kier molecular flexibility index (Phi) is 1070. The van der Waals surface area contributed by atoms with Gasteiger partial charge in [-0.2, -0.15) is 67.5 Å². The summed E-state index contributed by atoms with van der Waals surface area (Å²) >= 11 is 0. The first kappa shape index (κ1) is 100.0. The first-order valence-corrected chi connectivity index (χ1v) is 0. The quantitative estimate of drug-likeness (QED) is 0.447. The Balaban J connectivity index is 0. The van der Waals surface area contributed by atoms with Gasteiger partial charge in [-0.3, -0.25) is 0 Å². The lowest BCUT2D eigenvalue weighted by Crippen LogP contribution is -0.381. The molecule has 0 aliphatic rings. The lowest BCUT2D eigenvalue weighted by Gasteiger charge is -0.198. The van der Waals surface area contributed by atoms with Gasteiger partial charge in [0.15, 0.2) is 0 Å². The summed E-state index contributed by atoms with van der Waals surface area (Å²) in [4.78, 5) is 0. The van der Waals surface area contributed by atoms with E-state index >= 15 is 0 Å². The van der Waals surface area contributed by atoms with Crippen molar-refractivity contribution in [3.8, 4) is 0 Å². The van der Waals surface area contributed by atoms with Crippen LogP contribution in [0.3, 0.4) is 0 Å².